The Bertz CT molecular complexity index is 406. The van der Waals surface area contributed by atoms with Crippen molar-refractivity contribution >= 4 is 17.8 Å². The number of carboxylic acid groups (broad SMARTS) is 1. The van der Waals surface area contributed by atoms with Crippen LogP contribution in [0.4, 0.5) is 0 Å². The van der Waals surface area contributed by atoms with Gasteiger partial charge in [0.2, 0.25) is 11.8 Å². The average molecular weight is 392 g/mol. The summed E-state index contributed by atoms with van der Waals surface area (Å²) < 4.78 is 20.9. The molecule has 0 rings (SSSR count). The van der Waals surface area contributed by atoms with Crippen molar-refractivity contribution in [2.75, 3.05) is 65.9 Å². The summed E-state index contributed by atoms with van der Waals surface area (Å²) in [4.78, 5) is 32.8. The van der Waals surface area contributed by atoms with Crippen molar-refractivity contribution in [1.29, 1.82) is 0 Å². The second-order valence-corrected chi connectivity index (χ2v) is 5.40. The van der Waals surface area contributed by atoms with Crippen molar-refractivity contribution in [3.8, 4) is 0 Å². The number of amides is 2. The largest absolute Gasteiger partial charge is 0.481 e. The fraction of sp³-hybridized carbons (Fsp3) is 0.824. The Morgan fingerprint density at radius 2 is 1.11 bits per heavy atom. The van der Waals surface area contributed by atoms with Crippen LogP contribution in [0.15, 0.2) is 0 Å². The molecule has 0 aliphatic rings. The molecule has 10 heteroatoms. The first-order valence-corrected chi connectivity index (χ1v) is 9.12. The monoisotopic (exact) mass is 392 g/mol. The second kappa shape index (κ2) is 19.0. The highest BCUT2D eigenvalue weighted by molar-refractivity contribution is 5.76. The number of carbonyl (C=O) groups excluding carboxylic acids is 2. The molecule has 0 aliphatic heterocycles. The molecule has 158 valence electrons. The summed E-state index contributed by atoms with van der Waals surface area (Å²) in [6, 6.07) is 0. The predicted molar refractivity (Wildman–Crippen MR) is 96.5 cm³/mol. The Kier molecular flexibility index (Phi) is 17.8. The van der Waals surface area contributed by atoms with Crippen LogP contribution in [-0.2, 0) is 33.3 Å². The third-order valence-corrected chi connectivity index (χ3v) is 3.14. The van der Waals surface area contributed by atoms with Gasteiger partial charge in [0.25, 0.3) is 0 Å². The number of carboxylic acids is 1. The maximum absolute atomic E-state index is 11.5. The van der Waals surface area contributed by atoms with Crippen molar-refractivity contribution in [3.63, 3.8) is 0 Å². The Labute approximate surface area is 159 Å². The van der Waals surface area contributed by atoms with Crippen LogP contribution in [0, 0.1) is 0 Å². The van der Waals surface area contributed by atoms with Crippen molar-refractivity contribution in [2.45, 2.75) is 26.2 Å². The van der Waals surface area contributed by atoms with Crippen molar-refractivity contribution < 1.29 is 38.4 Å². The van der Waals surface area contributed by atoms with E-state index in [1.165, 1.54) is 0 Å². The average Bonchev–Trinajstić information content (AvgIpc) is 2.64. The van der Waals surface area contributed by atoms with Gasteiger partial charge in [0.05, 0.1) is 59.3 Å². The SMILES string of the molecule is CCC(=O)NCCOCCOCCC(=O)NCCOCCOCCC(=O)O. The lowest BCUT2D eigenvalue weighted by Crippen LogP contribution is -2.28. The van der Waals surface area contributed by atoms with Gasteiger partial charge in [-0.3, -0.25) is 14.4 Å². The van der Waals surface area contributed by atoms with Crippen LogP contribution < -0.4 is 10.6 Å². The Hall–Kier alpha value is -1.75. The minimum Gasteiger partial charge on any atom is -0.481 e. The molecule has 0 fully saturated rings. The topological polar surface area (TPSA) is 132 Å². The van der Waals surface area contributed by atoms with Gasteiger partial charge in [-0.05, 0) is 0 Å². The van der Waals surface area contributed by atoms with Crippen molar-refractivity contribution in [3.05, 3.63) is 0 Å². The predicted octanol–water partition coefficient (Wildman–Crippen LogP) is -0.440. The van der Waals surface area contributed by atoms with Gasteiger partial charge in [0, 0.05) is 25.9 Å². The number of carbonyl (C=O) groups is 3. The number of hydrogen-bond donors (Lipinski definition) is 3. The maximum atomic E-state index is 11.5. The van der Waals surface area contributed by atoms with Gasteiger partial charge in [0.15, 0.2) is 0 Å². The molecule has 10 nitrogen and oxygen atoms in total. The molecule has 0 radical (unpaired) electrons. The molecule has 0 saturated carbocycles. The molecule has 0 atom stereocenters. The standard InChI is InChI=1S/C17H32N2O8/c1-2-15(20)18-5-9-26-13-11-24-7-3-16(21)19-6-10-27-14-12-25-8-4-17(22)23/h2-14H2,1H3,(H,18,20)(H,19,21)(H,22,23). The molecule has 0 aromatic rings. The lowest BCUT2D eigenvalue weighted by atomic mass is 10.4. The number of aliphatic carboxylic acids is 1. The van der Waals surface area contributed by atoms with E-state index < -0.39 is 5.97 Å². The van der Waals surface area contributed by atoms with Gasteiger partial charge < -0.3 is 34.7 Å². The summed E-state index contributed by atoms with van der Waals surface area (Å²) in [6.45, 7) is 5.38. The first-order chi connectivity index (χ1) is 13.1. The highest BCUT2D eigenvalue weighted by atomic mass is 16.5. The first kappa shape index (κ1) is 25.2. The molecule has 0 aliphatic carbocycles. The first-order valence-electron chi connectivity index (χ1n) is 9.12. The third kappa shape index (κ3) is 20.4. The van der Waals surface area contributed by atoms with E-state index in [2.05, 4.69) is 10.6 Å². The lowest BCUT2D eigenvalue weighted by molar-refractivity contribution is -0.138. The van der Waals surface area contributed by atoms with E-state index in [9.17, 15) is 14.4 Å². The van der Waals surface area contributed by atoms with E-state index in [1.807, 2.05) is 0 Å². The molecular weight excluding hydrogens is 360 g/mol. The molecular formula is C17H32N2O8. The van der Waals surface area contributed by atoms with Gasteiger partial charge in [0.1, 0.15) is 0 Å². The Morgan fingerprint density at radius 1 is 0.667 bits per heavy atom. The molecule has 0 saturated heterocycles. The zero-order chi connectivity index (χ0) is 20.2. The maximum Gasteiger partial charge on any atom is 0.305 e. The Balaban J connectivity index is 3.22. The molecule has 0 aromatic heterocycles. The van der Waals surface area contributed by atoms with Gasteiger partial charge in [-0.25, -0.2) is 0 Å². The molecule has 2 amide bonds. The van der Waals surface area contributed by atoms with Gasteiger partial charge in [-0.2, -0.15) is 0 Å². The van der Waals surface area contributed by atoms with Gasteiger partial charge >= 0.3 is 5.97 Å². The van der Waals surface area contributed by atoms with Crippen LogP contribution in [0.3, 0.4) is 0 Å². The molecule has 0 heterocycles. The summed E-state index contributed by atoms with van der Waals surface area (Å²) >= 11 is 0. The van der Waals surface area contributed by atoms with E-state index >= 15 is 0 Å². The summed E-state index contributed by atoms with van der Waals surface area (Å²) in [5, 5.41) is 13.8. The zero-order valence-corrected chi connectivity index (χ0v) is 16.0. The third-order valence-electron chi connectivity index (χ3n) is 3.14. The summed E-state index contributed by atoms with van der Waals surface area (Å²) in [6.07, 6.45) is 0.687. The van der Waals surface area contributed by atoms with Gasteiger partial charge in [-0.15, -0.1) is 0 Å². The summed E-state index contributed by atoms with van der Waals surface area (Å²) in [5.74, 6) is -1.03. The van der Waals surface area contributed by atoms with Crippen LogP contribution in [0.25, 0.3) is 0 Å². The fourth-order valence-corrected chi connectivity index (χ4v) is 1.71. The minimum absolute atomic E-state index is 0.00432. The fourth-order valence-electron chi connectivity index (χ4n) is 1.71. The summed E-state index contributed by atoms with van der Waals surface area (Å²) in [7, 11) is 0. The molecule has 0 aromatic carbocycles. The number of nitrogens with one attached hydrogen (secondary N) is 2. The molecule has 0 bridgehead atoms. The highest BCUT2D eigenvalue weighted by Gasteiger charge is 2.01. The van der Waals surface area contributed by atoms with Crippen LogP contribution in [0.5, 0.6) is 0 Å². The van der Waals surface area contributed by atoms with Crippen LogP contribution in [-0.4, -0.2) is 88.8 Å². The van der Waals surface area contributed by atoms with Crippen molar-refractivity contribution in [2.24, 2.45) is 0 Å². The van der Waals surface area contributed by atoms with E-state index in [0.29, 0.717) is 65.8 Å². The molecule has 27 heavy (non-hydrogen) atoms. The van der Waals surface area contributed by atoms with Crippen LogP contribution in [0.2, 0.25) is 0 Å². The number of hydrogen-bond acceptors (Lipinski definition) is 7. The molecule has 0 unspecified atom stereocenters. The molecule has 0 spiro atoms. The smallest absolute Gasteiger partial charge is 0.305 e. The molecule has 3 N–H and O–H groups in total. The number of ether oxygens (including phenoxy) is 4. The van der Waals surface area contributed by atoms with Crippen molar-refractivity contribution in [1.82, 2.24) is 10.6 Å². The lowest BCUT2D eigenvalue weighted by Gasteiger charge is -2.08. The quantitative estimate of drug-likeness (QED) is 0.252. The van der Waals surface area contributed by atoms with E-state index in [0.717, 1.165) is 0 Å². The van der Waals surface area contributed by atoms with Gasteiger partial charge in [-0.1, -0.05) is 6.92 Å². The van der Waals surface area contributed by atoms with Crippen LogP contribution >= 0.6 is 0 Å². The van der Waals surface area contributed by atoms with E-state index in [-0.39, 0.29) is 31.3 Å². The van der Waals surface area contributed by atoms with E-state index in [4.69, 9.17) is 24.1 Å². The normalized spacial score (nSPS) is 10.6. The van der Waals surface area contributed by atoms with E-state index in [1.54, 1.807) is 6.92 Å². The highest BCUT2D eigenvalue weighted by Crippen LogP contribution is 1.86. The minimum atomic E-state index is -0.896. The Morgan fingerprint density at radius 3 is 1.59 bits per heavy atom. The second-order valence-electron chi connectivity index (χ2n) is 5.40. The van der Waals surface area contributed by atoms with Crippen LogP contribution in [0.1, 0.15) is 26.2 Å². The number of rotatable bonds is 19. The summed E-state index contributed by atoms with van der Waals surface area (Å²) in [5.41, 5.74) is 0. The zero-order valence-electron chi connectivity index (χ0n) is 16.0.